The van der Waals surface area contributed by atoms with Gasteiger partial charge in [-0.25, -0.2) is 8.42 Å². The smallest absolute Gasteiger partial charge is 0.308 e. The Morgan fingerprint density at radius 1 is 1.08 bits per heavy atom. The van der Waals surface area contributed by atoms with Crippen molar-refractivity contribution in [3.8, 4) is 0 Å². The summed E-state index contributed by atoms with van der Waals surface area (Å²) in [5.41, 5.74) is 0.797. The number of nitrogens with one attached hydrogen (secondary N) is 1. The number of carbonyl (C=O) groups excluding carboxylic acids is 1. The molecule has 1 heterocycles. The van der Waals surface area contributed by atoms with Crippen molar-refractivity contribution in [3.05, 3.63) is 92.6 Å². The molecule has 1 amide bonds. The molecule has 0 aliphatic carbocycles. The first-order valence-corrected chi connectivity index (χ1v) is 13.1. The largest absolute Gasteiger partial charge is 0.324 e. The van der Waals surface area contributed by atoms with Gasteiger partial charge in [0.15, 0.2) is 0 Å². The van der Waals surface area contributed by atoms with Gasteiger partial charge >= 0.3 is 4.87 Å². The number of hydrogen-bond donors (Lipinski definition) is 1. The predicted molar refractivity (Wildman–Crippen MR) is 139 cm³/mol. The van der Waals surface area contributed by atoms with Gasteiger partial charge in [0.25, 0.3) is 15.7 Å². The molecule has 0 radical (unpaired) electrons. The van der Waals surface area contributed by atoms with Gasteiger partial charge in [-0.15, -0.1) is 0 Å². The number of sulfonamides is 1. The molecule has 1 N–H and O–H groups in total. The minimum atomic E-state index is -4.22. The van der Waals surface area contributed by atoms with Crippen molar-refractivity contribution >= 4 is 54.5 Å². The zero-order chi connectivity index (χ0) is 26.0. The van der Waals surface area contributed by atoms with Crippen LogP contribution in [0.2, 0.25) is 0 Å². The first kappa shape index (κ1) is 25.1. The molecular weight excluding hydrogens is 504 g/mol. The summed E-state index contributed by atoms with van der Waals surface area (Å²) >= 11 is 1.05. The van der Waals surface area contributed by atoms with E-state index in [1.807, 2.05) is 13.8 Å². The van der Waals surface area contributed by atoms with Crippen LogP contribution >= 0.6 is 11.3 Å². The van der Waals surface area contributed by atoms with Gasteiger partial charge in [-0.2, -0.15) is 0 Å². The Kier molecular flexibility index (Phi) is 6.91. The Morgan fingerprint density at radius 2 is 1.81 bits per heavy atom. The summed E-state index contributed by atoms with van der Waals surface area (Å²) in [6.07, 6.45) is 0. The molecule has 10 nitrogen and oxygen atoms in total. The van der Waals surface area contributed by atoms with Crippen molar-refractivity contribution in [2.75, 3.05) is 16.2 Å². The summed E-state index contributed by atoms with van der Waals surface area (Å²) in [7, 11) is -4.22. The highest BCUT2D eigenvalue weighted by molar-refractivity contribution is 7.92. The highest BCUT2D eigenvalue weighted by Gasteiger charge is 2.28. The number of anilines is 2. The van der Waals surface area contributed by atoms with Crippen molar-refractivity contribution in [2.45, 2.75) is 24.8 Å². The Balaban J connectivity index is 1.67. The first-order chi connectivity index (χ1) is 17.1. The third kappa shape index (κ3) is 4.99. The van der Waals surface area contributed by atoms with Gasteiger partial charge in [-0.05, 0) is 50.2 Å². The number of nitrogens with zero attached hydrogens (tertiary/aromatic N) is 3. The third-order valence-electron chi connectivity index (χ3n) is 5.36. The molecule has 0 aliphatic heterocycles. The topological polar surface area (TPSA) is 132 Å². The number of aromatic nitrogens is 1. The van der Waals surface area contributed by atoms with E-state index in [4.69, 9.17) is 0 Å². The molecule has 0 atom stereocenters. The van der Waals surface area contributed by atoms with Crippen molar-refractivity contribution in [1.29, 1.82) is 0 Å². The summed E-state index contributed by atoms with van der Waals surface area (Å²) in [5.74, 6) is -0.656. The number of carbonyl (C=O) groups is 1. The third-order valence-corrected chi connectivity index (χ3v) is 8.07. The molecule has 0 bridgehead atoms. The van der Waals surface area contributed by atoms with E-state index in [0.29, 0.717) is 10.4 Å². The van der Waals surface area contributed by atoms with Crippen molar-refractivity contribution in [1.82, 2.24) is 4.57 Å². The number of fused-ring (bicyclic) bond motifs is 1. The minimum absolute atomic E-state index is 0.0223. The Hall–Kier alpha value is -4.03. The average molecular weight is 527 g/mol. The Morgan fingerprint density at radius 3 is 2.47 bits per heavy atom. The van der Waals surface area contributed by atoms with Gasteiger partial charge < -0.3 is 5.32 Å². The van der Waals surface area contributed by atoms with Gasteiger partial charge in [0.05, 0.1) is 25.7 Å². The van der Waals surface area contributed by atoms with Gasteiger partial charge in [0.1, 0.15) is 6.54 Å². The second kappa shape index (κ2) is 9.91. The van der Waals surface area contributed by atoms with Crippen molar-refractivity contribution < 1.29 is 18.1 Å². The van der Waals surface area contributed by atoms with Crippen molar-refractivity contribution in [3.63, 3.8) is 0 Å². The van der Waals surface area contributed by atoms with Crippen LogP contribution < -0.4 is 14.5 Å². The molecule has 186 valence electrons. The van der Waals surface area contributed by atoms with Crippen molar-refractivity contribution in [2.24, 2.45) is 0 Å². The molecule has 0 saturated heterocycles. The Labute approximate surface area is 210 Å². The lowest BCUT2D eigenvalue weighted by Crippen LogP contribution is -2.38. The normalized spacial score (nSPS) is 11.5. The number of benzene rings is 3. The summed E-state index contributed by atoms with van der Waals surface area (Å²) in [6, 6.07) is 17.6. The van der Waals surface area contributed by atoms with Gasteiger partial charge in [0.2, 0.25) is 5.91 Å². The lowest BCUT2D eigenvalue weighted by Gasteiger charge is -2.24. The monoisotopic (exact) mass is 526 g/mol. The summed E-state index contributed by atoms with van der Waals surface area (Å²) in [4.78, 5) is 35.8. The van der Waals surface area contributed by atoms with Crippen LogP contribution in [0.15, 0.2) is 82.5 Å². The fraction of sp³-hybridized carbons (Fsp3) is 0.167. The zero-order valence-electron chi connectivity index (χ0n) is 19.3. The van der Waals surface area contributed by atoms with Crippen LogP contribution in [0.3, 0.4) is 0 Å². The molecular formula is C24H22N4O6S2. The fourth-order valence-electron chi connectivity index (χ4n) is 3.73. The fourth-order valence-corrected chi connectivity index (χ4v) is 6.22. The molecule has 0 fully saturated rings. The van der Waals surface area contributed by atoms with Gasteiger partial charge in [0, 0.05) is 23.9 Å². The standard InChI is InChI=1S/C24H22N4O6S2/c1-16(2)27-21-12-11-17(13-22(21)35-24(27)30)25-23(29)15-26(18-7-6-8-19(14-18)28(31)32)36(33,34)20-9-4-3-5-10-20/h3-14,16H,15H2,1-2H3,(H,25,29). The molecule has 0 saturated carbocycles. The van der Waals surface area contributed by atoms with Crippen LogP contribution in [-0.4, -0.2) is 30.4 Å². The first-order valence-electron chi connectivity index (χ1n) is 10.8. The van der Waals surface area contributed by atoms with Gasteiger partial charge in [-0.3, -0.25) is 28.6 Å². The van der Waals surface area contributed by atoms with E-state index in [1.54, 1.807) is 41.0 Å². The van der Waals surface area contributed by atoms with E-state index in [0.717, 1.165) is 27.2 Å². The van der Waals surface area contributed by atoms with Crippen LogP contribution in [0, 0.1) is 10.1 Å². The van der Waals surface area contributed by atoms with Crippen LogP contribution in [0.4, 0.5) is 17.1 Å². The quantitative estimate of drug-likeness (QED) is 0.268. The minimum Gasteiger partial charge on any atom is -0.324 e. The van der Waals surface area contributed by atoms with Crippen LogP contribution in [-0.2, 0) is 14.8 Å². The number of amides is 1. The summed E-state index contributed by atoms with van der Waals surface area (Å²) < 4.78 is 30.0. The highest BCUT2D eigenvalue weighted by atomic mass is 32.2. The number of non-ortho nitro benzene ring substituents is 1. The van der Waals surface area contributed by atoms with Gasteiger partial charge in [-0.1, -0.05) is 35.6 Å². The van der Waals surface area contributed by atoms with Crippen LogP contribution in [0.25, 0.3) is 10.2 Å². The number of rotatable bonds is 8. The highest BCUT2D eigenvalue weighted by Crippen LogP contribution is 2.28. The molecule has 0 unspecified atom stereocenters. The molecule has 0 spiro atoms. The maximum absolute atomic E-state index is 13.4. The average Bonchev–Trinajstić information content (AvgIpc) is 3.18. The number of thiazole rings is 1. The lowest BCUT2D eigenvalue weighted by atomic mass is 10.2. The SMILES string of the molecule is CC(C)n1c(=O)sc2cc(NC(=O)CN(c3cccc([N+](=O)[O-])c3)S(=O)(=O)c3ccccc3)ccc21. The number of nitro benzene ring substituents is 1. The molecule has 1 aromatic heterocycles. The maximum Gasteiger partial charge on any atom is 0.308 e. The lowest BCUT2D eigenvalue weighted by molar-refractivity contribution is -0.384. The second-order valence-corrected chi connectivity index (χ2v) is 11.0. The molecule has 12 heteroatoms. The van der Waals surface area contributed by atoms with E-state index < -0.39 is 27.4 Å². The predicted octanol–water partition coefficient (Wildman–Crippen LogP) is 4.39. The maximum atomic E-state index is 13.4. The van der Waals surface area contributed by atoms with Crippen LogP contribution in [0.5, 0.6) is 0 Å². The van der Waals surface area contributed by atoms with E-state index in [9.17, 15) is 28.1 Å². The second-order valence-electron chi connectivity index (χ2n) is 8.16. The number of nitro groups is 1. The molecule has 4 aromatic rings. The molecule has 36 heavy (non-hydrogen) atoms. The molecule has 3 aromatic carbocycles. The molecule has 4 rings (SSSR count). The summed E-state index contributed by atoms with van der Waals surface area (Å²) in [5, 5.41) is 13.9. The Bertz CT molecular complexity index is 1610. The van der Waals surface area contributed by atoms with E-state index in [-0.39, 0.29) is 27.2 Å². The van der Waals surface area contributed by atoms with Crippen LogP contribution in [0.1, 0.15) is 19.9 Å². The molecule has 0 aliphatic rings. The zero-order valence-corrected chi connectivity index (χ0v) is 21.0. The number of hydrogen-bond acceptors (Lipinski definition) is 7. The van der Waals surface area contributed by atoms with E-state index in [1.165, 1.54) is 30.3 Å². The van der Waals surface area contributed by atoms with E-state index >= 15 is 0 Å². The van der Waals surface area contributed by atoms with E-state index in [2.05, 4.69) is 5.32 Å². The summed E-state index contributed by atoms with van der Waals surface area (Å²) in [6.45, 7) is 3.18.